The van der Waals surface area contributed by atoms with Crippen LogP contribution in [-0.2, 0) is 98.5 Å². The molecule has 6 aromatic rings. The van der Waals surface area contributed by atoms with Crippen molar-refractivity contribution in [2.45, 2.75) is 167 Å². The number of hydrogen-bond donors (Lipinski definition) is 9. The Balaban J connectivity index is 0.713. The molecule has 4 aliphatic rings. The quantitative estimate of drug-likeness (QED) is 0.0205. The van der Waals surface area contributed by atoms with E-state index in [1.807, 2.05) is 48.5 Å². The van der Waals surface area contributed by atoms with Gasteiger partial charge in [-0.1, -0.05) is 85.8 Å². The molecule has 28 heteroatoms. The largest absolute Gasteiger partial charge is 0.460 e. The summed E-state index contributed by atoms with van der Waals surface area (Å²) in [6.07, 6.45) is -1.78. The Morgan fingerprint density at radius 2 is 1.28 bits per heavy atom. The molecule has 0 saturated heterocycles. The number of carbonyl (C=O) groups excluding carboxylic acids is 11. The highest BCUT2D eigenvalue weighted by atomic mass is 19.1. The zero-order valence-corrected chi connectivity index (χ0v) is 57.9. The number of rotatable bonds is 26. The van der Waals surface area contributed by atoms with Gasteiger partial charge in [0, 0.05) is 47.9 Å². The third kappa shape index (κ3) is 17.1. The van der Waals surface area contributed by atoms with Crippen molar-refractivity contribution in [3.05, 3.63) is 157 Å². The van der Waals surface area contributed by atoms with Crippen molar-refractivity contribution in [3.63, 3.8) is 0 Å². The van der Waals surface area contributed by atoms with Crippen LogP contribution in [-0.4, -0.2) is 142 Å². The average Bonchev–Trinajstić information content (AvgIpc) is 1.49. The van der Waals surface area contributed by atoms with Gasteiger partial charge < -0.3 is 71.2 Å². The molecule has 8 amide bonds. The van der Waals surface area contributed by atoms with Gasteiger partial charge in [0.05, 0.1) is 67.5 Å². The van der Waals surface area contributed by atoms with Crippen molar-refractivity contribution in [2.75, 3.05) is 32.8 Å². The molecule has 0 spiro atoms. The number of halogens is 1. The van der Waals surface area contributed by atoms with Gasteiger partial charge in [-0.05, 0) is 125 Å². The smallest absolute Gasteiger partial charge is 0.407 e. The lowest BCUT2D eigenvalue weighted by Crippen LogP contribution is -2.56. The van der Waals surface area contributed by atoms with Crippen LogP contribution in [0, 0.1) is 12.7 Å². The van der Waals surface area contributed by atoms with E-state index >= 15 is 4.39 Å². The molecule has 9 N–H and O–H groups in total. The number of fused-ring (bicyclic) bond motifs is 8. The summed E-state index contributed by atoms with van der Waals surface area (Å²) in [5, 5.41) is 32.4. The third-order valence-corrected chi connectivity index (χ3v) is 18.0. The van der Waals surface area contributed by atoms with Crippen molar-refractivity contribution >= 4 is 76.3 Å². The molecule has 4 aromatic carbocycles. The Kier molecular flexibility index (Phi) is 22.4. The topological polar surface area (TPSA) is 376 Å². The Hall–Kier alpha value is -10.9. The standard InChI is InChI=1S/C74H83FN10O17/c1-9-74(98)49-29-56-65-46(36-85(56)69(95)48(49)38-99-70(74)96)64-51(26-25-41-39(2)50(75)30-52(82-65)63(41)64)80-57(86)24-17-27-76-58(87)33-78-66(92)53(28-40-18-11-10-12-19-40)81-60(89)35-77-59(88)34-79-67(93)54(31-61(90)101-72(3,4)5)83-68(94)55(32-62(91)102-73(6,7)8)84-71(97)100-37-47-44-22-15-13-20-42(44)43-21-14-16-23-45(43)47/h10-16,18-23,29-30,47,51,53-55,98H,9,17,24-28,31-38H2,1-8H3,(H,76,87)(H,77,88)(H,78,92)(H,79,93)(H,80,86)(H,81,89)(H,83,94)(H,84,97)/t51-,53-,54-,55-,74-/m0/s1. The molecule has 2 aliphatic heterocycles. The Morgan fingerprint density at radius 1 is 0.696 bits per heavy atom. The number of alkyl carbamates (subject to hydrolysis) is 1. The second-order valence-electron chi connectivity index (χ2n) is 27.6. The summed E-state index contributed by atoms with van der Waals surface area (Å²) in [5.41, 5.74) is 3.53. The van der Waals surface area contributed by atoms with Crippen LogP contribution >= 0.6 is 0 Å². The molecular formula is C74H83FN10O17. The number of benzene rings is 4. The minimum Gasteiger partial charge on any atom is -0.460 e. The summed E-state index contributed by atoms with van der Waals surface area (Å²) in [5.74, 6) is -9.23. The van der Waals surface area contributed by atoms with Crippen LogP contribution < -0.4 is 48.1 Å². The predicted octanol–water partition coefficient (Wildman–Crippen LogP) is 4.46. The number of hydrogen-bond acceptors (Lipinski definition) is 18. The Morgan fingerprint density at radius 3 is 1.91 bits per heavy atom. The zero-order valence-electron chi connectivity index (χ0n) is 57.9. The highest BCUT2D eigenvalue weighted by Crippen LogP contribution is 2.47. The number of pyridine rings is 2. The summed E-state index contributed by atoms with van der Waals surface area (Å²) in [6, 6.07) is 21.4. The van der Waals surface area contributed by atoms with Gasteiger partial charge in [0.2, 0.25) is 41.4 Å². The number of nitrogens with one attached hydrogen (secondary N) is 8. The van der Waals surface area contributed by atoms with Gasteiger partial charge in [0.25, 0.3) is 5.56 Å². The predicted molar refractivity (Wildman–Crippen MR) is 367 cm³/mol. The first-order chi connectivity index (χ1) is 48.4. The van der Waals surface area contributed by atoms with Gasteiger partial charge in [-0.15, -0.1) is 0 Å². The van der Waals surface area contributed by atoms with E-state index in [0.29, 0.717) is 57.4 Å². The number of nitrogens with zero attached hydrogens (tertiary/aromatic N) is 2. The molecule has 0 unspecified atom stereocenters. The van der Waals surface area contributed by atoms with Crippen molar-refractivity contribution in [2.24, 2.45) is 0 Å². The van der Waals surface area contributed by atoms with Crippen LogP contribution in [0.2, 0.25) is 0 Å². The van der Waals surface area contributed by atoms with Crippen LogP contribution in [0.25, 0.3) is 33.4 Å². The van der Waals surface area contributed by atoms with Gasteiger partial charge >= 0.3 is 24.0 Å². The molecule has 10 rings (SSSR count). The maximum absolute atomic E-state index is 15.5. The van der Waals surface area contributed by atoms with Crippen LogP contribution in [0.4, 0.5) is 9.18 Å². The number of cyclic esters (lactones) is 1. The SMILES string of the molecule is CC[C@@]1(O)C(=O)OCc2c1cc1n(c2=O)Cc2c-1nc1cc(F)c(C)c3c1c2[C@@H](NC(=O)CCCNC(=O)CNC(=O)[C@H](Cc1ccccc1)NC(=O)CNC(=O)CNC(=O)[C@H](CC(=O)OC(C)(C)C)NC(=O)[C@H](CC(=O)OC(C)(C)C)NC(=O)OCC1c2ccccc2-c2ccccc21)CC3. The molecule has 102 heavy (non-hydrogen) atoms. The summed E-state index contributed by atoms with van der Waals surface area (Å²) in [7, 11) is 0. The fraction of sp³-hybridized carbons (Fsp3) is 0.419. The van der Waals surface area contributed by atoms with Gasteiger partial charge in [-0.3, -0.25) is 47.9 Å². The lowest BCUT2D eigenvalue weighted by atomic mass is 9.81. The lowest BCUT2D eigenvalue weighted by Gasteiger charge is -2.31. The molecule has 2 aromatic heterocycles. The molecular weight excluding hydrogens is 1320 g/mol. The second kappa shape index (κ2) is 30.9. The number of aryl methyl sites for hydroxylation is 1. The summed E-state index contributed by atoms with van der Waals surface area (Å²) in [4.78, 5) is 167. The van der Waals surface area contributed by atoms with E-state index in [0.717, 1.165) is 27.8 Å². The molecule has 538 valence electrons. The molecule has 0 radical (unpaired) electrons. The van der Waals surface area contributed by atoms with Gasteiger partial charge in [-0.2, -0.15) is 0 Å². The van der Waals surface area contributed by atoms with Crippen molar-refractivity contribution in [1.82, 2.24) is 52.1 Å². The molecule has 0 bridgehead atoms. The van der Waals surface area contributed by atoms with E-state index < -0.39 is 144 Å². The molecule has 27 nitrogen and oxygen atoms in total. The molecule has 4 heterocycles. The zero-order chi connectivity index (χ0) is 73.5. The molecule has 2 aliphatic carbocycles. The minimum atomic E-state index is -2.07. The van der Waals surface area contributed by atoms with E-state index in [-0.39, 0.29) is 74.9 Å². The van der Waals surface area contributed by atoms with Crippen LogP contribution in [0.15, 0.2) is 95.8 Å². The summed E-state index contributed by atoms with van der Waals surface area (Å²) in [6.45, 7) is 10.4. The van der Waals surface area contributed by atoms with Crippen LogP contribution in [0.5, 0.6) is 0 Å². The molecule has 0 fully saturated rings. The van der Waals surface area contributed by atoms with E-state index in [9.17, 15) is 62.6 Å². The number of amides is 8. The third-order valence-electron chi connectivity index (χ3n) is 18.0. The van der Waals surface area contributed by atoms with Crippen molar-refractivity contribution < 1.29 is 81.2 Å². The van der Waals surface area contributed by atoms with Crippen LogP contribution in [0.1, 0.15) is 149 Å². The average molecular weight is 1400 g/mol. The maximum Gasteiger partial charge on any atom is 0.407 e. The highest BCUT2D eigenvalue weighted by molar-refractivity contribution is 5.98. The summed E-state index contributed by atoms with van der Waals surface area (Å²) >= 11 is 0. The lowest BCUT2D eigenvalue weighted by molar-refractivity contribution is -0.172. The number of carbonyl (C=O) groups is 11. The monoisotopic (exact) mass is 1400 g/mol. The minimum absolute atomic E-state index is 0.0189. The van der Waals surface area contributed by atoms with Gasteiger partial charge in [-0.25, -0.2) is 19.0 Å². The normalized spacial score (nSPS) is 16.3. The van der Waals surface area contributed by atoms with E-state index in [4.69, 9.17) is 23.9 Å². The van der Waals surface area contributed by atoms with E-state index in [1.54, 1.807) is 91.8 Å². The van der Waals surface area contributed by atoms with Gasteiger partial charge in [0.1, 0.15) is 48.4 Å². The second-order valence-corrected chi connectivity index (χ2v) is 27.6. The maximum atomic E-state index is 15.5. The van der Waals surface area contributed by atoms with E-state index in [1.165, 1.54) is 10.6 Å². The molecule has 5 atom stereocenters. The molecule has 0 saturated carbocycles. The van der Waals surface area contributed by atoms with Crippen molar-refractivity contribution in [3.8, 4) is 22.5 Å². The van der Waals surface area contributed by atoms with Crippen LogP contribution in [0.3, 0.4) is 0 Å². The first kappa shape index (κ1) is 73.8. The first-order valence-corrected chi connectivity index (χ1v) is 33.8. The van der Waals surface area contributed by atoms with E-state index in [2.05, 4.69) is 42.5 Å². The van der Waals surface area contributed by atoms with Crippen molar-refractivity contribution in [1.29, 1.82) is 0 Å². The first-order valence-electron chi connectivity index (χ1n) is 33.8. The fourth-order valence-corrected chi connectivity index (χ4v) is 13.2. The fourth-order valence-electron chi connectivity index (χ4n) is 13.2. The number of aliphatic hydroxyl groups is 1. The number of esters is 3. The summed E-state index contributed by atoms with van der Waals surface area (Å²) < 4.78 is 38.8. The number of aromatic nitrogens is 2. The highest BCUT2D eigenvalue weighted by Gasteiger charge is 2.46. The van der Waals surface area contributed by atoms with Gasteiger partial charge in [0.15, 0.2) is 5.60 Å². The Bertz CT molecular complexity index is 4370. The number of ether oxygens (including phenoxy) is 4. The Labute approximate surface area is 586 Å².